The van der Waals surface area contributed by atoms with Crippen molar-refractivity contribution in [2.45, 2.75) is 56.0 Å². The van der Waals surface area contributed by atoms with E-state index >= 15 is 0 Å². The number of nitrogens with zero attached hydrogens (tertiary/aromatic N) is 4. The van der Waals surface area contributed by atoms with E-state index in [0.717, 1.165) is 47.7 Å². The second-order valence-corrected chi connectivity index (χ2v) is 13.8. The Morgan fingerprint density at radius 3 is 2.39 bits per heavy atom. The summed E-state index contributed by atoms with van der Waals surface area (Å²) in [6.07, 6.45) is 3.36. The third-order valence-electron chi connectivity index (χ3n) is 8.43. The molecule has 2 atom stereocenters. The Bertz CT molecular complexity index is 1410. The van der Waals surface area contributed by atoms with Gasteiger partial charge in [0.05, 0.1) is 11.4 Å². The highest BCUT2D eigenvalue weighted by atomic mass is 79.9. The number of amides is 3. The predicted octanol–water partition coefficient (Wildman–Crippen LogP) is 2.42. The van der Waals surface area contributed by atoms with Crippen LogP contribution in [0.2, 0.25) is 0 Å². The fraction of sp³-hybridized carbons (Fsp3) is 0.552. The van der Waals surface area contributed by atoms with Gasteiger partial charge < -0.3 is 14.7 Å². The average Bonchev–Trinajstić information content (AvgIpc) is 3.43. The minimum Gasteiger partial charge on any atom is -0.340 e. The molecule has 2 aromatic rings. The van der Waals surface area contributed by atoms with Crippen LogP contribution >= 0.6 is 15.9 Å². The van der Waals surface area contributed by atoms with Crippen LogP contribution in [0.25, 0.3) is 10.8 Å². The van der Waals surface area contributed by atoms with Crippen LogP contribution in [0.1, 0.15) is 39.0 Å². The van der Waals surface area contributed by atoms with Gasteiger partial charge in [0.15, 0.2) is 0 Å². The number of rotatable bonds is 8. The van der Waals surface area contributed by atoms with Gasteiger partial charge in [-0.15, -0.1) is 0 Å². The molecule has 3 saturated heterocycles. The number of piperidine rings is 1. The lowest BCUT2D eigenvalue weighted by Crippen LogP contribution is -2.56. The fourth-order valence-corrected chi connectivity index (χ4v) is 7.77. The lowest BCUT2D eigenvalue weighted by molar-refractivity contribution is -0.143. The largest absolute Gasteiger partial charge is 0.340 e. The highest BCUT2D eigenvalue weighted by Crippen LogP contribution is 2.24. The molecule has 0 aromatic heterocycles. The fourth-order valence-electron chi connectivity index (χ4n) is 6.13. The summed E-state index contributed by atoms with van der Waals surface area (Å²) in [5.74, 6) is -0.269. The summed E-state index contributed by atoms with van der Waals surface area (Å²) in [6, 6.07) is 9.69. The molecule has 12 heteroatoms. The molecule has 3 aliphatic heterocycles. The maximum Gasteiger partial charge on any atom is 0.242 e. The van der Waals surface area contributed by atoms with Crippen LogP contribution in [0, 0.1) is 0 Å². The van der Waals surface area contributed by atoms with E-state index < -0.39 is 16.1 Å². The zero-order valence-corrected chi connectivity index (χ0v) is 25.8. The van der Waals surface area contributed by atoms with E-state index in [9.17, 15) is 22.8 Å². The number of fused-ring (bicyclic) bond motifs is 1. The van der Waals surface area contributed by atoms with E-state index in [4.69, 9.17) is 0 Å². The quantitative estimate of drug-likeness (QED) is 0.471. The minimum absolute atomic E-state index is 0.0445. The van der Waals surface area contributed by atoms with Crippen molar-refractivity contribution in [1.29, 1.82) is 0 Å². The van der Waals surface area contributed by atoms with Crippen LogP contribution in [-0.4, -0.2) is 110 Å². The number of likely N-dealkylation sites (tertiary alicyclic amines) is 2. The smallest absolute Gasteiger partial charge is 0.242 e. The lowest BCUT2D eigenvalue weighted by atomic mass is 10.1. The molecule has 2 aromatic carbocycles. The number of hydrogen-bond acceptors (Lipinski definition) is 6. The van der Waals surface area contributed by atoms with Gasteiger partial charge in [-0.1, -0.05) is 35.0 Å². The van der Waals surface area contributed by atoms with Gasteiger partial charge in [-0.25, -0.2) is 8.42 Å². The number of carbonyl (C=O) groups is 3. The first-order valence-electron chi connectivity index (χ1n) is 14.4. The van der Waals surface area contributed by atoms with Gasteiger partial charge in [0.25, 0.3) is 0 Å². The van der Waals surface area contributed by atoms with Crippen molar-refractivity contribution in [3.05, 3.63) is 40.9 Å². The van der Waals surface area contributed by atoms with E-state index in [0.29, 0.717) is 45.4 Å². The van der Waals surface area contributed by atoms with Gasteiger partial charge in [-0.2, -0.15) is 4.72 Å². The van der Waals surface area contributed by atoms with Crippen molar-refractivity contribution in [3.63, 3.8) is 0 Å². The van der Waals surface area contributed by atoms with Crippen molar-refractivity contribution < 1.29 is 22.8 Å². The summed E-state index contributed by atoms with van der Waals surface area (Å²) >= 11 is 3.43. The molecule has 3 amide bonds. The maximum atomic E-state index is 13.4. The number of piperazine rings is 1. The first kappa shape index (κ1) is 29.9. The molecular weight excluding hydrogens is 610 g/mol. The normalized spacial score (nSPS) is 22.5. The van der Waals surface area contributed by atoms with Crippen LogP contribution in [0.5, 0.6) is 0 Å². The molecule has 3 aliphatic rings. The summed E-state index contributed by atoms with van der Waals surface area (Å²) in [4.78, 5) is 46.4. The Balaban J connectivity index is 1.17. The van der Waals surface area contributed by atoms with Crippen molar-refractivity contribution in [3.8, 4) is 0 Å². The van der Waals surface area contributed by atoms with Gasteiger partial charge >= 0.3 is 0 Å². The number of nitrogens with one attached hydrogen (secondary N) is 1. The molecular formula is C29H38BrN5O5S. The molecule has 0 aliphatic carbocycles. The van der Waals surface area contributed by atoms with E-state index in [1.165, 1.54) is 4.90 Å². The molecule has 0 spiro atoms. The number of sulfonamides is 1. The third-order valence-corrected chi connectivity index (χ3v) is 10.4. The summed E-state index contributed by atoms with van der Waals surface area (Å²) in [6.45, 7) is 6.71. The maximum absolute atomic E-state index is 13.4. The highest BCUT2D eigenvalue weighted by molar-refractivity contribution is 9.10. The molecule has 3 heterocycles. The van der Waals surface area contributed by atoms with Crippen LogP contribution in [-0.2, 0) is 24.4 Å². The van der Waals surface area contributed by atoms with Gasteiger partial charge in [0.2, 0.25) is 27.7 Å². The molecule has 10 nitrogen and oxygen atoms in total. The Labute approximate surface area is 250 Å². The number of benzene rings is 2. The monoisotopic (exact) mass is 647 g/mol. The topological polar surface area (TPSA) is 110 Å². The SMILES string of the molecule is CCC(=O)N1CCN(CC2CCCN2C(=O)CN2CCCC(NS(=O)(=O)c3ccc4cc(Br)ccc4c3)C2=O)CC1. The Morgan fingerprint density at radius 1 is 0.927 bits per heavy atom. The Kier molecular flexibility index (Phi) is 9.32. The summed E-state index contributed by atoms with van der Waals surface area (Å²) in [5, 5.41) is 1.69. The molecule has 0 bridgehead atoms. The van der Waals surface area contributed by atoms with Gasteiger partial charge in [-0.05, 0) is 60.7 Å². The van der Waals surface area contributed by atoms with Crippen molar-refractivity contribution in [2.24, 2.45) is 0 Å². The Hall–Kier alpha value is -2.54. The van der Waals surface area contributed by atoms with E-state index in [-0.39, 0.29) is 35.2 Å². The molecule has 0 saturated carbocycles. The van der Waals surface area contributed by atoms with Crippen molar-refractivity contribution >= 4 is 54.4 Å². The minimum atomic E-state index is -3.93. The second-order valence-electron chi connectivity index (χ2n) is 11.1. The summed E-state index contributed by atoms with van der Waals surface area (Å²) in [5.41, 5.74) is 0. The predicted molar refractivity (Wildman–Crippen MR) is 160 cm³/mol. The number of halogens is 1. The molecule has 1 N–H and O–H groups in total. The molecule has 3 fully saturated rings. The van der Waals surface area contributed by atoms with Crippen molar-refractivity contribution in [2.75, 3.05) is 52.4 Å². The lowest BCUT2D eigenvalue weighted by Gasteiger charge is -2.38. The van der Waals surface area contributed by atoms with E-state index in [1.54, 1.807) is 18.2 Å². The van der Waals surface area contributed by atoms with Crippen LogP contribution in [0.15, 0.2) is 45.8 Å². The van der Waals surface area contributed by atoms with E-state index in [2.05, 4.69) is 25.6 Å². The van der Waals surface area contributed by atoms with Gasteiger partial charge in [0.1, 0.15) is 6.04 Å². The summed E-state index contributed by atoms with van der Waals surface area (Å²) < 4.78 is 29.9. The first-order chi connectivity index (χ1) is 19.6. The van der Waals surface area contributed by atoms with E-state index in [1.807, 2.05) is 34.9 Å². The standard InChI is InChI=1S/C29H38BrN5O5S/c1-2-27(36)33-15-13-32(14-16-33)19-24-5-3-12-35(24)28(37)20-34-11-4-6-26(29(34)38)31-41(39,40)25-10-8-21-17-23(30)9-7-22(21)18-25/h7-10,17-18,24,26,31H,2-6,11-16,19-20H2,1H3. The highest BCUT2D eigenvalue weighted by Gasteiger charge is 2.36. The number of carbonyl (C=O) groups excluding carboxylic acids is 3. The van der Waals surface area contributed by atoms with Crippen LogP contribution in [0.4, 0.5) is 0 Å². The molecule has 2 unspecified atom stereocenters. The number of hydrogen-bond donors (Lipinski definition) is 1. The Morgan fingerprint density at radius 2 is 1.63 bits per heavy atom. The second kappa shape index (κ2) is 12.8. The molecule has 222 valence electrons. The zero-order valence-electron chi connectivity index (χ0n) is 23.4. The van der Waals surface area contributed by atoms with Gasteiger partial charge in [0, 0.05) is 62.7 Å². The molecule has 5 rings (SSSR count). The summed E-state index contributed by atoms with van der Waals surface area (Å²) in [7, 11) is -3.93. The first-order valence-corrected chi connectivity index (χ1v) is 16.7. The zero-order chi connectivity index (χ0) is 29.1. The molecule has 41 heavy (non-hydrogen) atoms. The third kappa shape index (κ3) is 6.93. The molecule has 0 radical (unpaired) electrons. The van der Waals surface area contributed by atoms with Crippen LogP contribution < -0.4 is 4.72 Å². The van der Waals surface area contributed by atoms with Gasteiger partial charge in [-0.3, -0.25) is 19.3 Å². The van der Waals surface area contributed by atoms with Crippen molar-refractivity contribution in [1.82, 2.24) is 24.3 Å². The average molecular weight is 649 g/mol. The van der Waals surface area contributed by atoms with Crippen LogP contribution in [0.3, 0.4) is 0 Å².